The summed E-state index contributed by atoms with van der Waals surface area (Å²) in [5, 5.41) is 2.01. The lowest BCUT2D eigenvalue weighted by molar-refractivity contribution is 0.301. The molecule has 0 unspecified atom stereocenters. The third kappa shape index (κ3) is 5.14. The van der Waals surface area contributed by atoms with Crippen molar-refractivity contribution in [2.45, 2.75) is 25.8 Å². The fraction of sp³-hybridized carbons (Fsp3) is 0.692. The summed E-state index contributed by atoms with van der Waals surface area (Å²) in [7, 11) is 2.14. The van der Waals surface area contributed by atoms with Gasteiger partial charge in [-0.15, -0.1) is 11.3 Å². The third-order valence-corrected chi connectivity index (χ3v) is 5.70. The second-order valence-electron chi connectivity index (χ2n) is 5.02. The molecule has 0 aromatic carbocycles. The summed E-state index contributed by atoms with van der Waals surface area (Å²) in [5.74, 6) is 0. The lowest BCUT2D eigenvalue weighted by Gasteiger charge is -2.25. The Morgan fingerprint density at radius 1 is 1.35 bits per heavy atom. The summed E-state index contributed by atoms with van der Waals surface area (Å²) >= 11 is 1.64. The first-order chi connectivity index (χ1) is 9.38. The van der Waals surface area contributed by atoms with Gasteiger partial charge in [-0.25, -0.2) is 4.72 Å². The topological polar surface area (TPSA) is 52.7 Å². The van der Waals surface area contributed by atoms with E-state index in [4.69, 9.17) is 0 Å². The molecule has 7 heteroatoms. The monoisotopic (exact) mass is 319 g/mol. The van der Waals surface area contributed by atoms with Crippen molar-refractivity contribution in [1.82, 2.24) is 13.9 Å². The van der Waals surface area contributed by atoms with Crippen molar-refractivity contribution in [3.05, 3.63) is 22.4 Å². The van der Waals surface area contributed by atoms with Gasteiger partial charge in [-0.3, -0.25) is 0 Å². The Balaban J connectivity index is 2.63. The van der Waals surface area contributed by atoms with E-state index < -0.39 is 10.2 Å². The molecular weight excluding hydrogens is 294 g/mol. The van der Waals surface area contributed by atoms with Gasteiger partial charge in [-0.05, 0) is 32.0 Å². The first kappa shape index (κ1) is 17.6. The molecule has 0 saturated carbocycles. The predicted molar refractivity (Wildman–Crippen MR) is 85.2 cm³/mol. The Hall–Kier alpha value is -0.470. The van der Waals surface area contributed by atoms with Crippen LogP contribution in [0.1, 0.15) is 30.7 Å². The minimum absolute atomic E-state index is 0.0596. The maximum atomic E-state index is 12.1. The number of nitrogens with zero attached hydrogens (tertiary/aromatic N) is 2. The maximum Gasteiger partial charge on any atom is 0.279 e. The number of likely N-dealkylation sites (N-methyl/N-ethyl adjacent to an activating group) is 1. The van der Waals surface area contributed by atoms with Crippen LogP contribution in [0, 0.1) is 0 Å². The van der Waals surface area contributed by atoms with Gasteiger partial charge in [0.2, 0.25) is 0 Å². The molecule has 0 aliphatic carbocycles. The molecule has 20 heavy (non-hydrogen) atoms. The zero-order valence-electron chi connectivity index (χ0n) is 12.7. The molecule has 1 aromatic rings. The molecule has 0 amide bonds. The molecule has 5 nitrogen and oxygen atoms in total. The summed E-state index contributed by atoms with van der Waals surface area (Å²) in [6, 6.07) is 4.08. The molecule has 1 N–H and O–H groups in total. The summed E-state index contributed by atoms with van der Waals surface area (Å²) in [6.07, 6.45) is 1.86. The number of thiophene rings is 1. The van der Waals surface area contributed by atoms with E-state index in [1.165, 1.54) is 4.31 Å². The van der Waals surface area contributed by atoms with Gasteiger partial charge in [0.1, 0.15) is 0 Å². The molecule has 1 heterocycles. The summed E-state index contributed by atoms with van der Waals surface area (Å²) in [4.78, 5) is 3.19. The molecule has 0 spiro atoms. The lowest BCUT2D eigenvalue weighted by atomic mass is 10.2. The van der Waals surface area contributed by atoms with Gasteiger partial charge < -0.3 is 4.90 Å². The number of nitrogens with one attached hydrogen (secondary N) is 1. The first-order valence-corrected chi connectivity index (χ1v) is 9.11. The normalized spacial score (nSPS) is 14.1. The zero-order chi connectivity index (χ0) is 15.2. The Morgan fingerprint density at radius 2 is 2.05 bits per heavy atom. The minimum atomic E-state index is -3.39. The van der Waals surface area contributed by atoms with Gasteiger partial charge in [-0.1, -0.05) is 19.4 Å². The van der Waals surface area contributed by atoms with Gasteiger partial charge >= 0.3 is 0 Å². The Labute approximate surface area is 126 Å². The van der Waals surface area contributed by atoms with Crippen molar-refractivity contribution in [3.63, 3.8) is 0 Å². The van der Waals surface area contributed by atoms with E-state index in [1.54, 1.807) is 18.4 Å². The van der Waals surface area contributed by atoms with Crippen LogP contribution in [-0.2, 0) is 10.2 Å². The van der Waals surface area contributed by atoms with Gasteiger partial charge in [0.05, 0.1) is 6.04 Å². The van der Waals surface area contributed by atoms with Crippen LogP contribution in [0.25, 0.3) is 0 Å². The summed E-state index contributed by atoms with van der Waals surface area (Å²) in [5.41, 5.74) is 0. The van der Waals surface area contributed by atoms with Crippen LogP contribution in [-0.4, -0.2) is 51.9 Å². The van der Waals surface area contributed by atoms with Crippen LogP contribution in [0.3, 0.4) is 0 Å². The second kappa shape index (κ2) is 8.09. The molecule has 0 aliphatic heterocycles. The molecule has 0 radical (unpaired) electrons. The quantitative estimate of drug-likeness (QED) is 0.756. The van der Waals surface area contributed by atoms with Crippen LogP contribution in [0.15, 0.2) is 17.5 Å². The predicted octanol–water partition coefficient (Wildman–Crippen LogP) is 1.92. The van der Waals surface area contributed by atoms with E-state index in [0.29, 0.717) is 13.1 Å². The highest BCUT2D eigenvalue weighted by atomic mass is 32.2. The van der Waals surface area contributed by atoms with Crippen molar-refractivity contribution in [2.75, 3.05) is 34.2 Å². The molecule has 116 valence electrons. The molecule has 1 atom stereocenters. The largest absolute Gasteiger partial charge is 0.300 e. The van der Waals surface area contributed by atoms with Gasteiger partial charge in [0, 0.05) is 25.0 Å². The van der Waals surface area contributed by atoms with Crippen molar-refractivity contribution in [1.29, 1.82) is 0 Å². The first-order valence-electron chi connectivity index (χ1n) is 6.79. The molecule has 1 aromatic heterocycles. The smallest absolute Gasteiger partial charge is 0.279 e. The van der Waals surface area contributed by atoms with E-state index in [9.17, 15) is 8.42 Å². The number of hydrogen-bond donors (Lipinski definition) is 1. The fourth-order valence-electron chi connectivity index (χ4n) is 1.81. The van der Waals surface area contributed by atoms with Gasteiger partial charge in [0.25, 0.3) is 10.2 Å². The minimum Gasteiger partial charge on any atom is -0.300 e. The Morgan fingerprint density at radius 3 is 2.55 bits per heavy atom. The van der Waals surface area contributed by atoms with Crippen molar-refractivity contribution >= 4 is 21.5 Å². The number of hydrogen-bond acceptors (Lipinski definition) is 4. The highest BCUT2D eigenvalue weighted by Crippen LogP contribution is 2.22. The fourth-order valence-corrected chi connectivity index (χ4v) is 3.69. The Kier molecular flexibility index (Phi) is 7.11. The zero-order valence-corrected chi connectivity index (χ0v) is 14.3. The van der Waals surface area contributed by atoms with E-state index in [2.05, 4.69) is 4.72 Å². The third-order valence-electron chi connectivity index (χ3n) is 3.19. The standard InChI is InChI=1S/C13H25N3O2S2/c1-5-6-9-16(4)20(17,18)14-11-12(15(2)3)13-8-7-10-19-13/h7-8,10,12,14H,5-6,9,11H2,1-4H3/t12-/m1/s1. The summed E-state index contributed by atoms with van der Waals surface area (Å²) in [6.45, 7) is 2.98. The van der Waals surface area contributed by atoms with Crippen molar-refractivity contribution in [3.8, 4) is 0 Å². The van der Waals surface area contributed by atoms with Gasteiger partial charge in [0.15, 0.2) is 0 Å². The van der Waals surface area contributed by atoms with Gasteiger partial charge in [-0.2, -0.15) is 12.7 Å². The highest BCUT2D eigenvalue weighted by molar-refractivity contribution is 7.87. The molecule has 0 saturated heterocycles. The van der Waals surface area contributed by atoms with E-state index in [-0.39, 0.29) is 6.04 Å². The molecule has 0 aliphatic rings. The SMILES string of the molecule is CCCCN(C)S(=O)(=O)NC[C@H](c1cccs1)N(C)C. The average molecular weight is 319 g/mol. The van der Waals surface area contributed by atoms with Crippen molar-refractivity contribution < 1.29 is 8.42 Å². The lowest BCUT2D eigenvalue weighted by Crippen LogP contribution is -2.42. The highest BCUT2D eigenvalue weighted by Gasteiger charge is 2.21. The van der Waals surface area contributed by atoms with E-state index in [0.717, 1.165) is 17.7 Å². The van der Waals surface area contributed by atoms with Crippen LogP contribution >= 0.6 is 11.3 Å². The molecule has 0 bridgehead atoms. The Bertz CT molecular complexity index is 472. The van der Waals surface area contributed by atoms with Crippen LogP contribution < -0.4 is 4.72 Å². The average Bonchev–Trinajstić information content (AvgIpc) is 2.89. The summed E-state index contributed by atoms with van der Waals surface area (Å²) < 4.78 is 28.4. The molecular formula is C13H25N3O2S2. The molecule has 1 rings (SSSR count). The molecule has 0 fully saturated rings. The maximum absolute atomic E-state index is 12.1. The second-order valence-corrected chi connectivity index (χ2v) is 7.86. The van der Waals surface area contributed by atoms with Crippen LogP contribution in [0.2, 0.25) is 0 Å². The number of rotatable bonds is 9. The van der Waals surface area contributed by atoms with Crippen LogP contribution in [0.5, 0.6) is 0 Å². The van der Waals surface area contributed by atoms with Crippen LogP contribution in [0.4, 0.5) is 0 Å². The van der Waals surface area contributed by atoms with E-state index in [1.807, 2.05) is 43.4 Å². The van der Waals surface area contributed by atoms with E-state index >= 15 is 0 Å². The number of unbranched alkanes of at least 4 members (excludes halogenated alkanes) is 1. The van der Waals surface area contributed by atoms with Crippen molar-refractivity contribution in [2.24, 2.45) is 0 Å².